The van der Waals surface area contributed by atoms with Gasteiger partial charge in [-0.1, -0.05) is 60.3 Å². The molecule has 1 atom stereocenters. The molecule has 4 heteroatoms. The van der Waals surface area contributed by atoms with Gasteiger partial charge < -0.3 is 5.32 Å². The molecule has 0 aliphatic carbocycles. The minimum atomic E-state index is 0.184. The number of hydrogen-bond acceptors (Lipinski definition) is 1. The van der Waals surface area contributed by atoms with Gasteiger partial charge in [-0.05, 0) is 48.7 Å². The predicted octanol–water partition coefficient (Wildman–Crippen LogP) is 6.91. The number of benzene rings is 2. The van der Waals surface area contributed by atoms with E-state index < -0.39 is 0 Å². The molecule has 0 bridgehead atoms. The molecular formula is C17H18Cl3N. The van der Waals surface area contributed by atoms with Crippen LogP contribution >= 0.6 is 34.8 Å². The molecule has 112 valence electrons. The van der Waals surface area contributed by atoms with Crippen molar-refractivity contribution in [2.24, 2.45) is 0 Å². The fraction of sp³-hybridized carbons (Fsp3) is 0.294. The molecule has 0 amide bonds. The summed E-state index contributed by atoms with van der Waals surface area (Å²) < 4.78 is 0. The summed E-state index contributed by atoms with van der Waals surface area (Å²) in [5, 5.41) is 5.64. The van der Waals surface area contributed by atoms with Crippen molar-refractivity contribution in [1.29, 1.82) is 0 Å². The molecule has 0 heterocycles. The van der Waals surface area contributed by atoms with Gasteiger partial charge in [0.2, 0.25) is 0 Å². The van der Waals surface area contributed by atoms with E-state index in [2.05, 4.69) is 12.2 Å². The Labute approximate surface area is 141 Å². The van der Waals surface area contributed by atoms with Crippen molar-refractivity contribution in [3.63, 3.8) is 0 Å². The van der Waals surface area contributed by atoms with Gasteiger partial charge in [-0.3, -0.25) is 0 Å². The Morgan fingerprint density at radius 2 is 1.67 bits per heavy atom. The van der Waals surface area contributed by atoms with Crippen molar-refractivity contribution in [3.05, 3.63) is 62.6 Å². The maximum atomic E-state index is 6.32. The van der Waals surface area contributed by atoms with Crippen molar-refractivity contribution < 1.29 is 0 Å². The molecule has 1 nitrogen and oxygen atoms in total. The van der Waals surface area contributed by atoms with E-state index in [4.69, 9.17) is 34.8 Å². The van der Waals surface area contributed by atoms with Gasteiger partial charge in [0.1, 0.15) is 0 Å². The molecule has 1 N–H and O–H groups in total. The Balaban J connectivity index is 2.28. The molecule has 2 aromatic carbocycles. The van der Waals surface area contributed by atoms with Gasteiger partial charge in [-0.25, -0.2) is 0 Å². The fourth-order valence-corrected chi connectivity index (χ4v) is 2.81. The summed E-state index contributed by atoms with van der Waals surface area (Å²) in [5.74, 6) is 0. The summed E-state index contributed by atoms with van der Waals surface area (Å²) in [4.78, 5) is 0. The first-order valence-electron chi connectivity index (χ1n) is 6.99. The first-order valence-corrected chi connectivity index (χ1v) is 8.12. The molecule has 1 unspecified atom stereocenters. The standard InChI is InChI=1S/C17H18Cl3N/c1-3-4-16(12-5-7-13(18)8-6-12)21-17-10-14(19)11(2)9-15(17)20/h5-10,16,21H,3-4H2,1-2H3. The Hall–Kier alpha value is -0.890. The molecule has 0 spiro atoms. The largest absolute Gasteiger partial charge is 0.377 e. The van der Waals surface area contributed by atoms with Crippen LogP contribution in [0.2, 0.25) is 15.1 Å². The van der Waals surface area contributed by atoms with E-state index >= 15 is 0 Å². The fourth-order valence-electron chi connectivity index (χ4n) is 2.25. The second kappa shape index (κ2) is 7.40. The first kappa shape index (κ1) is 16.5. The molecule has 21 heavy (non-hydrogen) atoms. The predicted molar refractivity (Wildman–Crippen MR) is 93.9 cm³/mol. The minimum Gasteiger partial charge on any atom is -0.377 e. The van der Waals surface area contributed by atoms with Crippen LogP contribution in [0.1, 0.15) is 36.9 Å². The Kier molecular flexibility index (Phi) is 5.80. The van der Waals surface area contributed by atoms with E-state index in [9.17, 15) is 0 Å². The summed E-state index contributed by atoms with van der Waals surface area (Å²) in [7, 11) is 0. The highest BCUT2D eigenvalue weighted by molar-refractivity contribution is 6.35. The van der Waals surface area contributed by atoms with Gasteiger partial charge in [0.05, 0.1) is 16.8 Å². The molecule has 0 aliphatic heterocycles. The van der Waals surface area contributed by atoms with Crippen LogP contribution < -0.4 is 5.32 Å². The second-order valence-corrected chi connectivity index (χ2v) is 6.37. The quantitative estimate of drug-likeness (QED) is 0.622. The first-order chi connectivity index (χ1) is 10.0. The van der Waals surface area contributed by atoms with E-state index in [0.29, 0.717) is 10.0 Å². The third-order valence-corrected chi connectivity index (χ3v) is 4.40. The van der Waals surface area contributed by atoms with E-state index in [1.165, 1.54) is 5.56 Å². The highest BCUT2D eigenvalue weighted by Gasteiger charge is 2.13. The van der Waals surface area contributed by atoms with Crippen LogP contribution in [-0.2, 0) is 0 Å². The van der Waals surface area contributed by atoms with Gasteiger partial charge in [0.15, 0.2) is 0 Å². The number of nitrogens with one attached hydrogen (secondary N) is 1. The van der Waals surface area contributed by atoms with Crippen molar-refractivity contribution in [1.82, 2.24) is 0 Å². The molecule has 0 aromatic heterocycles. The van der Waals surface area contributed by atoms with E-state index in [1.54, 1.807) is 0 Å². The van der Waals surface area contributed by atoms with Crippen LogP contribution in [0.5, 0.6) is 0 Å². The molecule has 0 fully saturated rings. The lowest BCUT2D eigenvalue weighted by atomic mass is 10.0. The van der Waals surface area contributed by atoms with Crippen LogP contribution in [-0.4, -0.2) is 0 Å². The lowest BCUT2D eigenvalue weighted by Gasteiger charge is -2.21. The zero-order valence-electron chi connectivity index (χ0n) is 12.1. The van der Waals surface area contributed by atoms with Gasteiger partial charge in [-0.15, -0.1) is 0 Å². The number of aryl methyl sites for hydroxylation is 1. The second-order valence-electron chi connectivity index (χ2n) is 5.12. The van der Waals surface area contributed by atoms with Crippen molar-refractivity contribution in [2.45, 2.75) is 32.7 Å². The maximum Gasteiger partial charge on any atom is 0.0641 e. The third-order valence-electron chi connectivity index (χ3n) is 3.43. The van der Waals surface area contributed by atoms with Crippen LogP contribution in [0.3, 0.4) is 0 Å². The van der Waals surface area contributed by atoms with Gasteiger partial charge in [0, 0.05) is 10.0 Å². The zero-order chi connectivity index (χ0) is 15.4. The summed E-state index contributed by atoms with van der Waals surface area (Å²) in [6.07, 6.45) is 2.07. The summed E-state index contributed by atoms with van der Waals surface area (Å²) in [6.45, 7) is 4.11. The SMILES string of the molecule is CCCC(Nc1cc(Cl)c(C)cc1Cl)c1ccc(Cl)cc1. The van der Waals surface area contributed by atoms with Gasteiger partial charge >= 0.3 is 0 Å². The van der Waals surface area contributed by atoms with Crippen LogP contribution in [0.15, 0.2) is 36.4 Å². The average molecular weight is 343 g/mol. The number of hydrogen-bond donors (Lipinski definition) is 1. The normalized spacial score (nSPS) is 12.2. The Bertz CT molecular complexity index is 608. The number of rotatable bonds is 5. The number of halogens is 3. The lowest BCUT2D eigenvalue weighted by Crippen LogP contribution is -2.11. The monoisotopic (exact) mass is 341 g/mol. The molecule has 0 saturated heterocycles. The molecule has 0 radical (unpaired) electrons. The molecule has 0 aliphatic rings. The summed E-state index contributed by atoms with van der Waals surface area (Å²) >= 11 is 18.5. The minimum absolute atomic E-state index is 0.184. The van der Waals surface area contributed by atoms with E-state index in [1.807, 2.05) is 43.3 Å². The average Bonchev–Trinajstić information content (AvgIpc) is 2.45. The van der Waals surface area contributed by atoms with Crippen molar-refractivity contribution >= 4 is 40.5 Å². The van der Waals surface area contributed by atoms with Crippen LogP contribution in [0.25, 0.3) is 0 Å². The summed E-state index contributed by atoms with van der Waals surface area (Å²) in [5.41, 5.74) is 3.03. The topological polar surface area (TPSA) is 12.0 Å². The Morgan fingerprint density at radius 3 is 2.29 bits per heavy atom. The van der Waals surface area contributed by atoms with E-state index in [-0.39, 0.29) is 6.04 Å². The van der Waals surface area contributed by atoms with Crippen LogP contribution in [0.4, 0.5) is 5.69 Å². The molecule has 2 rings (SSSR count). The Morgan fingerprint density at radius 1 is 1.00 bits per heavy atom. The lowest BCUT2D eigenvalue weighted by molar-refractivity contribution is 0.677. The zero-order valence-corrected chi connectivity index (χ0v) is 14.4. The van der Waals surface area contributed by atoms with Crippen molar-refractivity contribution in [2.75, 3.05) is 5.32 Å². The van der Waals surface area contributed by atoms with Gasteiger partial charge in [-0.2, -0.15) is 0 Å². The number of anilines is 1. The smallest absolute Gasteiger partial charge is 0.0641 e. The van der Waals surface area contributed by atoms with Gasteiger partial charge in [0.25, 0.3) is 0 Å². The molecular weight excluding hydrogens is 325 g/mol. The van der Waals surface area contributed by atoms with Crippen LogP contribution in [0, 0.1) is 6.92 Å². The highest BCUT2D eigenvalue weighted by atomic mass is 35.5. The van der Waals surface area contributed by atoms with E-state index in [0.717, 1.165) is 29.1 Å². The maximum absolute atomic E-state index is 6.32. The highest BCUT2D eigenvalue weighted by Crippen LogP contribution is 2.33. The third kappa shape index (κ3) is 4.29. The summed E-state index contributed by atoms with van der Waals surface area (Å²) in [6, 6.07) is 11.9. The molecule has 0 saturated carbocycles. The van der Waals surface area contributed by atoms with Crippen molar-refractivity contribution in [3.8, 4) is 0 Å². The molecule has 2 aromatic rings.